The molecule has 15 heavy (non-hydrogen) atoms. The van der Waals surface area contributed by atoms with Crippen LogP contribution in [0.1, 0.15) is 41.3 Å². The average molecular weight is 216 g/mol. The number of aromatic nitrogens is 2. The first kappa shape index (κ1) is 10.4. The summed E-state index contributed by atoms with van der Waals surface area (Å²) in [7, 11) is 0. The number of nitrogens with zero attached hydrogens (tertiary/aromatic N) is 2. The quantitative estimate of drug-likeness (QED) is 0.721. The molecule has 1 aromatic heterocycles. The Hall–Kier alpha value is -1.13. The van der Waals surface area contributed by atoms with Gasteiger partial charge in [-0.2, -0.15) is 23.4 Å². The standard InChI is InChI=1S/C10H11F3N2/c1-5-8(7-3-4-7)9(10(11,12)13)6(2)15-14-5/h7H,3-4H2,1-2H3. The van der Waals surface area contributed by atoms with Crippen molar-refractivity contribution in [2.45, 2.75) is 38.8 Å². The maximum Gasteiger partial charge on any atom is 0.418 e. The summed E-state index contributed by atoms with van der Waals surface area (Å²) in [5.41, 5.74) is 0.179. The van der Waals surface area contributed by atoms with Gasteiger partial charge in [0, 0.05) is 0 Å². The van der Waals surface area contributed by atoms with Gasteiger partial charge in [-0.25, -0.2) is 0 Å². The van der Waals surface area contributed by atoms with Gasteiger partial charge in [0.05, 0.1) is 17.0 Å². The highest BCUT2D eigenvalue weighted by atomic mass is 19.4. The van der Waals surface area contributed by atoms with Crippen molar-refractivity contribution < 1.29 is 13.2 Å². The normalized spacial score (nSPS) is 16.9. The molecule has 1 fully saturated rings. The molecule has 1 aromatic rings. The van der Waals surface area contributed by atoms with Gasteiger partial charge in [-0.3, -0.25) is 0 Å². The van der Waals surface area contributed by atoms with Crippen molar-refractivity contribution >= 4 is 0 Å². The maximum absolute atomic E-state index is 12.8. The van der Waals surface area contributed by atoms with Gasteiger partial charge in [0.25, 0.3) is 0 Å². The highest BCUT2D eigenvalue weighted by molar-refractivity contribution is 5.39. The molecule has 0 atom stereocenters. The second kappa shape index (κ2) is 3.18. The second-order valence-electron chi connectivity index (χ2n) is 3.93. The molecule has 1 aliphatic rings. The molecule has 2 rings (SSSR count). The lowest BCUT2D eigenvalue weighted by atomic mass is 10.0. The predicted molar refractivity (Wildman–Crippen MR) is 48.5 cm³/mol. The highest BCUT2D eigenvalue weighted by Crippen LogP contribution is 2.47. The molecular formula is C10H11F3N2. The fraction of sp³-hybridized carbons (Fsp3) is 0.600. The van der Waals surface area contributed by atoms with Crippen LogP contribution in [0.15, 0.2) is 0 Å². The van der Waals surface area contributed by atoms with Gasteiger partial charge in [0.2, 0.25) is 0 Å². The lowest BCUT2D eigenvalue weighted by molar-refractivity contribution is -0.139. The largest absolute Gasteiger partial charge is 0.418 e. The Kier molecular flexibility index (Phi) is 2.20. The van der Waals surface area contributed by atoms with Gasteiger partial charge < -0.3 is 0 Å². The van der Waals surface area contributed by atoms with Gasteiger partial charge in [0.1, 0.15) is 0 Å². The van der Waals surface area contributed by atoms with Crippen LogP contribution in [-0.4, -0.2) is 10.2 Å². The van der Waals surface area contributed by atoms with Crippen molar-refractivity contribution in [3.05, 3.63) is 22.5 Å². The molecule has 0 spiro atoms. The van der Waals surface area contributed by atoms with Crippen molar-refractivity contribution in [2.24, 2.45) is 0 Å². The van der Waals surface area contributed by atoms with Crippen molar-refractivity contribution in [2.75, 3.05) is 0 Å². The van der Waals surface area contributed by atoms with Crippen molar-refractivity contribution in [3.63, 3.8) is 0 Å². The minimum absolute atomic E-state index is 0.0185. The number of aryl methyl sites for hydroxylation is 2. The molecule has 1 heterocycles. The van der Waals surface area contributed by atoms with Crippen LogP contribution in [0.5, 0.6) is 0 Å². The van der Waals surface area contributed by atoms with E-state index in [-0.39, 0.29) is 11.6 Å². The summed E-state index contributed by atoms with van der Waals surface area (Å²) < 4.78 is 38.4. The smallest absolute Gasteiger partial charge is 0.166 e. The second-order valence-corrected chi connectivity index (χ2v) is 3.93. The molecule has 0 aliphatic heterocycles. The van der Waals surface area contributed by atoms with E-state index >= 15 is 0 Å². The van der Waals surface area contributed by atoms with E-state index in [0.29, 0.717) is 11.3 Å². The van der Waals surface area contributed by atoms with E-state index in [0.717, 1.165) is 12.8 Å². The van der Waals surface area contributed by atoms with Crippen LogP contribution in [0.4, 0.5) is 13.2 Å². The maximum atomic E-state index is 12.8. The topological polar surface area (TPSA) is 25.8 Å². The summed E-state index contributed by atoms with van der Waals surface area (Å²) in [6.07, 6.45) is -2.66. The van der Waals surface area contributed by atoms with Gasteiger partial charge in [-0.15, -0.1) is 0 Å². The minimum atomic E-state index is -4.32. The zero-order valence-electron chi connectivity index (χ0n) is 8.52. The molecule has 1 saturated carbocycles. The van der Waals surface area contributed by atoms with Crippen molar-refractivity contribution in [3.8, 4) is 0 Å². The van der Waals surface area contributed by atoms with Crippen molar-refractivity contribution in [1.29, 1.82) is 0 Å². The Morgan fingerprint density at radius 2 is 1.60 bits per heavy atom. The number of hydrogen-bond donors (Lipinski definition) is 0. The molecule has 0 unspecified atom stereocenters. The van der Waals surface area contributed by atoms with E-state index in [9.17, 15) is 13.2 Å². The van der Waals surface area contributed by atoms with E-state index in [1.807, 2.05) is 0 Å². The van der Waals surface area contributed by atoms with Gasteiger partial charge >= 0.3 is 6.18 Å². The van der Waals surface area contributed by atoms with Gasteiger partial charge in [-0.1, -0.05) is 0 Å². The Bertz CT molecular complexity index is 394. The third kappa shape index (κ3) is 1.82. The van der Waals surface area contributed by atoms with E-state index < -0.39 is 11.7 Å². The predicted octanol–water partition coefficient (Wildman–Crippen LogP) is 2.99. The molecule has 0 amide bonds. The fourth-order valence-electron chi connectivity index (χ4n) is 1.86. The Balaban J connectivity index is 2.63. The molecule has 0 aromatic carbocycles. The minimum Gasteiger partial charge on any atom is -0.166 e. The summed E-state index contributed by atoms with van der Waals surface area (Å²) in [4.78, 5) is 0. The molecule has 0 saturated heterocycles. The van der Waals surface area contributed by atoms with E-state index in [2.05, 4.69) is 10.2 Å². The Labute approximate surface area is 85.5 Å². The van der Waals surface area contributed by atoms with Crippen molar-refractivity contribution in [1.82, 2.24) is 10.2 Å². The fourth-order valence-corrected chi connectivity index (χ4v) is 1.86. The van der Waals surface area contributed by atoms with E-state index in [1.165, 1.54) is 6.92 Å². The summed E-state index contributed by atoms with van der Waals surface area (Å²) >= 11 is 0. The van der Waals surface area contributed by atoms with Crippen LogP contribution < -0.4 is 0 Å². The monoisotopic (exact) mass is 216 g/mol. The molecule has 1 aliphatic carbocycles. The molecule has 0 N–H and O–H groups in total. The number of hydrogen-bond acceptors (Lipinski definition) is 2. The third-order valence-electron chi connectivity index (χ3n) is 2.64. The molecule has 82 valence electrons. The Morgan fingerprint density at radius 1 is 1.07 bits per heavy atom. The lowest BCUT2D eigenvalue weighted by Gasteiger charge is -2.15. The van der Waals surface area contributed by atoms with Gasteiger partial charge in [0.15, 0.2) is 0 Å². The summed E-state index contributed by atoms with van der Waals surface area (Å²) in [5, 5.41) is 7.31. The molecule has 5 heteroatoms. The molecule has 0 radical (unpaired) electrons. The summed E-state index contributed by atoms with van der Waals surface area (Å²) in [5.74, 6) is 0.0378. The first-order valence-corrected chi connectivity index (χ1v) is 4.82. The number of rotatable bonds is 1. The zero-order chi connectivity index (χ0) is 11.2. The first-order valence-electron chi connectivity index (χ1n) is 4.82. The molecule has 2 nitrogen and oxygen atoms in total. The zero-order valence-corrected chi connectivity index (χ0v) is 8.52. The Morgan fingerprint density at radius 3 is 2.07 bits per heavy atom. The van der Waals surface area contributed by atoms with Gasteiger partial charge in [-0.05, 0) is 38.2 Å². The van der Waals surface area contributed by atoms with Crippen LogP contribution in [0, 0.1) is 13.8 Å². The lowest BCUT2D eigenvalue weighted by Crippen LogP contribution is -2.15. The molecule has 0 bridgehead atoms. The number of alkyl halides is 3. The number of halogens is 3. The third-order valence-corrected chi connectivity index (χ3v) is 2.64. The van der Waals surface area contributed by atoms with Crippen LogP contribution in [0.2, 0.25) is 0 Å². The van der Waals surface area contributed by atoms with E-state index in [1.54, 1.807) is 6.92 Å². The van der Waals surface area contributed by atoms with Crippen LogP contribution in [0.25, 0.3) is 0 Å². The summed E-state index contributed by atoms with van der Waals surface area (Å²) in [6.45, 7) is 2.95. The summed E-state index contributed by atoms with van der Waals surface area (Å²) in [6, 6.07) is 0. The van der Waals surface area contributed by atoms with Crippen LogP contribution in [0.3, 0.4) is 0 Å². The molecular weight excluding hydrogens is 205 g/mol. The first-order chi connectivity index (χ1) is 6.91. The van der Waals surface area contributed by atoms with E-state index in [4.69, 9.17) is 0 Å². The highest BCUT2D eigenvalue weighted by Gasteiger charge is 2.41. The van der Waals surface area contributed by atoms with Crippen LogP contribution >= 0.6 is 0 Å². The average Bonchev–Trinajstić information content (AvgIpc) is 2.89. The van der Waals surface area contributed by atoms with Crippen LogP contribution in [-0.2, 0) is 6.18 Å². The SMILES string of the molecule is Cc1nnc(C)c(C(F)(F)F)c1C1CC1.